The molecule has 2 rings (SSSR count). The number of nitrogens with zero attached hydrogens (tertiary/aromatic N) is 2. The molecule has 0 saturated heterocycles. The average Bonchev–Trinajstić information content (AvgIpc) is 2.46. The zero-order valence-corrected chi connectivity index (χ0v) is 11.7. The van der Waals surface area contributed by atoms with E-state index in [0.717, 1.165) is 12.1 Å². The fourth-order valence-corrected chi connectivity index (χ4v) is 3.32. The van der Waals surface area contributed by atoms with Crippen molar-refractivity contribution < 1.29 is 18.3 Å². The van der Waals surface area contributed by atoms with E-state index >= 15 is 0 Å². The lowest BCUT2D eigenvalue weighted by atomic mass is 10.2. The summed E-state index contributed by atoms with van der Waals surface area (Å²) in [4.78, 5) is 19.1. The Morgan fingerprint density at radius 1 is 0.909 bits per heavy atom. The Morgan fingerprint density at radius 3 is 2.00 bits per heavy atom. The molecular formula is C12H9N3O6S. The molecule has 0 aliphatic carbocycles. The van der Waals surface area contributed by atoms with Crippen LogP contribution >= 0.6 is 0 Å². The molecule has 2 aromatic rings. The van der Waals surface area contributed by atoms with E-state index in [4.69, 9.17) is 5.73 Å². The van der Waals surface area contributed by atoms with E-state index in [0.29, 0.717) is 0 Å². The van der Waals surface area contributed by atoms with Crippen molar-refractivity contribution in [1.29, 1.82) is 0 Å². The van der Waals surface area contributed by atoms with Crippen molar-refractivity contribution >= 4 is 26.9 Å². The van der Waals surface area contributed by atoms with Gasteiger partial charge in [0.1, 0.15) is 0 Å². The lowest BCUT2D eigenvalue weighted by molar-refractivity contribution is -0.394. The quantitative estimate of drug-likeness (QED) is 0.513. The van der Waals surface area contributed by atoms with Crippen LogP contribution in [-0.4, -0.2) is 18.3 Å². The van der Waals surface area contributed by atoms with Crippen LogP contribution in [0.3, 0.4) is 0 Å². The number of nitro benzene ring substituents is 2. The molecule has 0 saturated carbocycles. The van der Waals surface area contributed by atoms with Gasteiger partial charge in [0.15, 0.2) is 10.6 Å². The third-order valence-corrected chi connectivity index (χ3v) is 4.68. The van der Waals surface area contributed by atoms with Gasteiger partial charge < -0.3 is 5.73 Å². The second-order valence-corrected chi connectivity index (χ2v) is 6.09. The smallest absolute Gasteiger partial charge is 0.318 e. The van der Waals surface area contributed by atoms with Crippen LogP contribution in [0.25, 0.3) is 0 Å². The second kappa shape index (κ2) is 5.41. The molecule has 0 aromatic heterocycles. The zero-order valence-electron chi connectivity index (χ0n) is 10.9. The number of nitrogens with two attached hydrogens (primary N) is 1. The Balaban J connectivity index is 2.80. The molecule has 0 spiro atoms. The highest BCUT2D eigenvalue weighted by Gasteiger charge is 2.34. The van der Waals surface area contributed by atoms with E-state index in [9.17, 15) is 28.6 Å². The van der Waals surface area contributed by atoms with Crippen LogP contribution < -0.4 is 5.73 Å². The van der Waals surface area contributed by atoms with Gasteiger partial charge in [-0.25, -0.2) is 8.42 Å². The van der Waals surface area contributed by atoms with Crippen molar-refractivity contribution in [2.45, 2.75) is 9.79 Å². The topological polar surface area (TPSA) is 146 Å². The summed E-state index contributed by atoms with van der Waals surface area (Å²) in [5, 5.41) is 21.9. The lowest BCUT2D eigenvalue weighted by Crippen LogP contribution is -2.09. The van der Waals surface area contributed by atoms with Crippen LogP contribution in [-0.2, 0) is 9.84 Å². The van der Waals surface area contributed by atoms with Crippen LogP contribution in [0.2, 0.25) is 0 Å². The number of anilines is 1. The maximum absolute atomic E-state index is 12.5. The molecule has 0 unspecified atom stereocenters. The maximum atomic E-state index is 12.5. The summed E-state index contributed by atoms with van der Waals surface area (Å²) in [5.74, 6) is 0. The van der Waals surface area contributed by atoms with E-state index in [1.807, 2.05) is 0 Å². The third-order valence-electron chi connectivity index (χ3n) is 2.88. The minimum Gasteiger partial charge on any atom is -0.387 e. The van der Waals surface area contributed by atoms with Gasteiger partial charge in [-0.2, -0.15) is 0 Å². The fraction of sp³-hybridized carbons (Fsp3) is 0. The second-order valence-electron chi connectivity index (χ2n) is 4.18. The molecule has 0 heterocycles. The summed E-state index contributed by atoms with van der Waals surface area (Å²) in [6, 6.07) is 8.65. The van der Waals surface area contributed by atoms with Crippen LogP contribution in [0.1, 0.15) is 0 Å². The number of rotatable bonds is 4. The largest absolute Gasteiger partial charge is 0.387 e. The molecule has 0 atom stereocenters. The Morgan fingerprint density at radius 2 is 1.50 bits per heavy atom. The molecule has 114 valence electrons. The third kappa shape index (κ3) is 2.46. The summed E-state index contributed by atoms with van der Waals surface area (Å²) in [7, 11) is -4.22. The van der Waals surface area contributed by atoms with Crippen LogP contribution in [0.15, 0.2) is 52.3 Å². The Hall–Kier alpha value is -3.01. The molecule has 0 aliphatic rings. The lowest BCUT2D eigenvalue weighted by Gasteiger charge is -2.07. The summed E-state index contributed by atoms with van der Waals surface area (Å²) in [6.07, 6.45) is 0. The van der Waals surface area contributed by atoms with Crippen molar-refractivity contribution in [3.63, 3.8) is 0 Å². The molecule has 2 aromatic carbocycles. The molecule has 2 N–H and O–H groups in total. The number of sulfone groups is 1. The first-order valence-corrected chi connectivity index (χ1v) is 7.26. The van der Waals surface area contributed by atoms with Crippen molar-refractivity contribution in [3.8, 4) is 0 Å². The Labute approximate surface area is 124 Å². The van der Waals surface area contributed by atoms with Gasteiger partial charge in [-0.1, -0.05) is 18.2 Å². The van der Waals surface area contributed by atoms with Crippen molar-refractivity contribution in [2.75, 3.05) is 5.73 Å². The van der Waals surface area contributed by atoms with Crippen molar-refractivity contribution in [2.24, 2.45) is 0 Å². The molecule has 0 bridgehead atoms. The van der Waals surface area contributed by atoms with Crippen LogP contribution in [0, 0.1) is 20.2 Å². The van der Waals surface area contributed by atoms with Gasteiger partial charge in [0.25, 0.3) is 5.69 Å². The number of hydrogen-bond acceptors (Lipinski definition) is 7. The van der Waals surface area contributed by atoms with Gasteiger partial charge in [-0.3, -0.25) is 20.2 Å². The first-order valence-electron chi connectivity index (χ1n) is 5.78. The van der Waals surface area contributed by atoms with Crippen LogP contribution in [0.5, 0.6) is 0 Å². The van der Waals surface area contributed by atoms with Gasteiger partial charge >= 0.3 is 5.69 Å². The predicted molar refractivity (Wildman–Crippen MR) is 76.1 cm³/mol. The Bertz CT molecular complexity index is 864. The number of hydrogen-bond donors (Lipinski definition) is 1. The standard InChI is InChI=1S/C12H9N3O6S/c13-11-9(14(16)17)6-7-10(12(11)15(18)19)22(20,21)8-4-2-1-3-5-8/h1-7H,13H2. The molecular weight excluding hydrogens is 314 g/mol. The average molecular weight is 323 g/mol. The molecule has 0 fully saturated rings. The van der Waals surface area contributed by atoms with E-state index in [2.05, 4.69) is 0 Å². The minimum absolute atomic E-state index is 0.175. The van der Waals surface area contributed by atoms with E-state index in [1.165, 1.54) is 24.3 Å². The SMILES string of the molecule is Nc1c([N+](=O)[O-])ccc(S(=O)(=O)c2ccccc2)c1[N+](=O)[O-]. The van der Waals surface area contributed by atoms with E-state index in [-0.39, 0.29) is 4.90 Å². The van der Waals surface area contributed by atoms with Gasteiger partial charge in [-0.05, 0) is 18.2 Å². The summed E-state index contributed by atoms with van der Waals surface area (Å²) in [5.41, 5.74) is 2.89. The van der Waals surface area contributed by atoms with Crippen LogP contribution in [0.4, 0.5) is 17.1 Å². The summed E-state index contributed by atoms with van der Waals surface area (Å²) in [6.45, 7) is 0. The molecule has 10 heteroatoms. The monoisotopic (exact) mass is 323 g/mol. The molecule has 0 aliphatic heterocycles. The van der Waals surface area contributed by atoms with Gasteiger partial charge in [0.2, 0.25) is 9.84 Å². The Kier molecular flexibility index (Phi) is 3.78. The maximum Gasteiger partial charge on any atom is 0.318 e. The highest BCUT2D eigenvalue weighted by molar-refractivity contribution is 7.91. The summed E-state index contributed by atoms with van der Waals surface area (Å²) < 4.78 is 24.9. The molecule has 9 nitrogen and oxygen atoms in total. The number of benzene rings is 2. The zero-order chi connectivity index (χ0) is 16.5. The minimum atomic E-state index is -4.22. The van der Waals surface area contributed by atoms with Gasteiger partial charge in [0, 0.05) is 6.07 Å². The highest BCUT2D eigenvalue weighted by Crippen LogP contribution is 2.38. The van der Waals surface area contributed by atoms with Crippen molar-refractivity contribution in [1.82, 2.24) is 0 Å². The highest BCUT2D eigenvalue weighted by atomic mass is 32.2. The number of nitrogen functional groups attached to an aromatic ring is 1. The molecule has 22 heavy (non-hydrogen) atoms. The first kappa shape index (κ1) is 15.4. The van der Waals surface area contributed by atoms with E-state index < -0.39 is 41.6 Å². The number of nitro groups is 2. The molecule has 0 amide bonds. The fourth-order valence-electron chi connectivity index (χ4n) is 1.87. The van der Waals surface area contributed by atoms with Gasteiger partial charge in [-0.15, -0.1) is 0 Å². The first-order chi connectivity index (χ1) is 10.3. The normalized spacial score (nSPS) is 11.1. The van der Waals surface area contributed by atoms with Gasteiger partial charge in [0.05, 0.1) is 14.7 Å². The predicted octanol–water partition coefficient (Wildman–Crippen LogP) is 1.92. The van der Waals surface area contributed by atoms with E-state index in [1.54, 1.807) is 6.07 Å². The van der Waals surface area contributed by atoms with Crippen molar-refractivity contribution in [3.05, 3.63) is 62.7 Å². The molecule has 0 radical (unpaired) electrons. The summed E-state index contributed by atoms with van der Waals surface area (Å²) >= 11 is 0.